The zero-order valence-corrected chi connectivity index (χ0v) is 15.2. The van der Waals surface area contributed by atoms with Crippen LogP contribution in [0.5, 0.6) is 11.5 Å². The number of nitrogens with zero attached hydrogens (tertiary/aromatic N) is 3. The Bertz CT molecular complexity index is 974. The first kappa shape index (κ1) is 19.1. The molecule has 0 radical (unpaired) electrons. The molecule has 0 unspecified atom stereocenters. The molecule has 1 aliphatic heterocycles. The van der Waals surface area contributed by atoms with Crippen LogP contribution in [0.1, 0.15) is 22.8 Å². The van der Waals surface area contributed by atoms with E-state index < -0.39 is 21.4 Å². The molecule has 10 heteroatoms. The number of benzene rings is 2. The quantitative estimate of drug-likeness (QED) is 0.551. The van der Waals surface area contributed by atoms with Crippen molar-refractivity contribution in [3.8, 4) is 11.5 Å². The van der Waals surface area contributed by atoms with E-state index in [9.17, 15) is 25.0 Å². The largest absolute Gasteiger partial charge is 0.493 e. The van der Waals surface area contributed by atoms with E-state index in [-0.39, 0.29) is 35.9 Å². The molecule has 0 aliphatic carbocycles. The van der Waals surface area contributed by atoms with E-state index in [0.717, 1.165) is 6.07 Å². The monoisotopic (exact) mass is 387 g/mol. The topological polar surface area (TPSA) is 125 Å². The van der Waals surface area contributed by atoms with Gasteiger partial charge in [-0.15, -0.1) is 0 Å². The molecule has 2 aromatic carbocycles. The molecule has 146 valence electrons. The molecule has 2 aromatic rings. The number of carbonyl (C=O) groups excluding carboxylic acids is 1. The Morgan fingerprint density at radius 2 is 1.89 bits per heavy atom. The van der Waals surface area contributed by atoms with Gasteiger partial charge in [-0.05, 0) is 25.0 Å². The fraction of sp³-hybridized carbons (Fsp3) is 0.278. The molecular weight excluding hydrogens is 370 g/mol. The Kier molecular flexibility index (Phi) is 5.12. The lowest BCUT2D eigenvalue weighted by atomic mass is 10.1. The number of hydrogen-bond donors (Lipinski definition) is 0. The summed E-state index contributed by atoms with van der Waals surface area (Å²) in [4.78, 5) is 35.8. The second-order valence-corrected chi connectivity index (χ2v) is 5.99. The van der Waals surface area contributed by atoms with E-state index in [0.29, 0.717) is 17.7 Å². The van der Waals surface area contributed by atoms with Gasteiger partial charge in [0.25, 0.3) is 17.3 Å². The van der Waals surface area contributed by atoms with Gasteiger partial charge < -0.3 is 14.4 Å². The summed E-state index contributed by atoms with van der Waals surface area (Å²) in [7, 11) is 1.35. The minimum atomic E-state index is -0.654. The highest BCUT2D eigenvalue weighted by Crippen LogP contribution is 2.38. The van der Waals surface area contributed by atoms with Gasteiger partial charge in [0.05, 0.1) is 29.6 Å². The summed E-state index contributed by atoms with van der Waals surface area (Å²) in [6.45, 7) is 2.30. The van der Waals surface area contributed by atoms with Crippen molar-refractivity contribution >= 4 is 23.0 Å². The van der Waals surface area contributed by atoms with E-state index in [1.165, 1.54) is 36.3 Å². The van der Waals surface area contributed by atoms with Gasteiger partial charge >= 0.3 is 0 Å². The average Bonchev–Trinajstić information content (AvgIpc) is 3.10. The smallest absolute Gasteiger partial charge is 0.286 e. The van der Waals surface area contributed by atoms with Gasteiger partial charge in [0.15, 0.2) is 11.5 Å². The fourth-order valence-corrected chi connectivity index (χ4v) is 3.16. The van der Waals surface area contributed by atoms with Crippen LogP contribution in [0.2, 0.25) is 0 Å². The zero-order chi connectivity index (χ0) is 20.4. The first-order valence-electron chi connectivity index (χ1n) is 8.45. The number of anilines is 1. The van der Waals surface area contributed by atoms with Gasteiger partial charge in [0.1, 0.15) is 5.56 Å². The van der Waals surface area contributed by atoms with Crippen LogP contribution >= 0.6 is 0 Å². The summed E-state index contributed by atoms with van der Waals surface area (Å²) < 4.78 is 10.6. The van der Waals surface area contributed by atoms with Crippen LogP contribution in [0.25, 0.3) is 0 Å². The number of non-ortho nitro benzene ring substituents is 1. The molecule has 0 saturated carbocycles. The Balaban J connectivity index is 2.05. The van der Waals surface area contributed by atoms with E-state index in [1.54, 1.807) is 6.92 Å². The van der Waals surface area contributed by atoms with E-state index in [4.69, 9.17) is 9.47 Å². The van der Waals surface area contributed by atoms with Gasteiger partial charge in [-0.2, -0.15) is 0 Å². The van der Waals surface area contributed by atoms with Crippen molar-refractivity contribution in [2.45, 2.75) is 13.3 Å². The second-order valence-electron chi connectivity index (χ2n) is 5.99. The molecule has 1 heterocycles. The van der Waals surface area contributed by atoms with Gasteiger partial charge in [0.2, 0.25) is 0 Å². The summed E-state index contributed by atoms with van der Waals surface area (Å²) in [5, 5.41) is 22.4. The maximum absolute atomic E-state index is 13.1. The molecule has 1 amide bonds. The number of fused-ring (bicyclic) bond motifs is 1. The molecule has 0 bridgehead atoms. The summed E-state index contributed by atoms with van der Waals surface area (Å²) in [6.07, 6.45) is 0.422. The molecular formula is C18H17N3O7. The number of hydrogen-bond acceptors (Lipinski definition) is 7. The van der Waals surface area contributed by atoms with E-state index in [1.807, 2.05) is 0 Å². The highest BCUT2D eigenvalue weighted by molar-refractivity contribution is 6.10. The standard InChI is InChI=1S/C18H17N3O7/c1-3-28-17-9-13(15(21(25)26)10-16(17)27-2)18(22)19-7-6-11-8-12(20(23)24)4-5-14(11)19/h4-5,8-10H,3,6-7H2,1-2H3. The van der Waals surface area contributed by atoms with Gasteiger partial charge in [0, 0.05) is 30.4 Å². The molecule has 3 rings (SSSR count). The Hall–Kier alpha value is -3.69. The van der Waals surface area contributed by atoms with Crippen LogP contribution < -0.4 is 14.4 Å². The molecule has 0 atom stereocenters. The molecule has 0 fully saturated rings. The molecule has 0 spiro atoms. The van der Waals surface area contributed by atoms with E-state index >= 15 is 0 Å². The van der Waals surface area contributed by atoms with Crippen LogP contribution in [0.15, 0.2) is 30.3 Å². The molecule has 28 heavy (non-hydrogen) atoms. The lowest BCUT2D eigenvalue weighted by molar-refractivity contribution is -0.385. The Morgan fingerprint density at radius 3 is 2.50 bits per heavy atom. The van der Waals surface area contributed by atoms with Crippen molar-refractivity contribution in [1.82, 2.24) is 0 Å². The minimum absolute atomic E-state index is 0.0675. The van der Waals surface area contributed by atoms with Crippen molar-refractivity contribution in [3.05, 3.63) is 61.7 Å². The lowest BCUT2D eigenvalue weighted by Crippen LogP contribution is -2.29. The lowest BCUT2D eigenvalue weighted by Gasteiger charge is -2.18. The third kappa shape index (κ3) is 3.31. The molecule has 0 N–H and O–H groups in total. The molecule has 10 nitrogen and oxygen atoms in total. The van der Waals surface area contributed by atoms with Gasteiger partial charge in [-0.3, -0.25) is 25.0 Å². The van der Waals surface area contributed by atoms with Crippen LogP contribution in [0.3, 0.4) is 0 Å². The number of nitro benzene ring substituents is 2. The first-order valence-corrected chi connectivity index (χ1v) is 8.45. The minimum Gasteiger partial charge on any atom is -0.493 e. The predicted molar refractivity (Wildman–Crippen MR) is 99.3 cm³/mol. The molecule has 1 aliphatic rings. The SMILES string of the molecule is CCOc1cc(C(=O)N2CCc3cc([N+](=O)[O-])ccc32)c([N+](=O)[O-])cc1OC. The van der Waals surface area contributed by atoms with Crippen molar-refractivity contribution in [2.24, 2.45) is 0 Å². The first-order chi connectivity index (χ1) is 13.4. The van der Waals surface area contributed by atoms with Crippen molar-refractivity contribution < 1.29 is 24.1 Å². The maximum Gasteiger partial charge on any atom is 0.286 e. The van der Waals surface area contributed by atoms with Gasteiger partial charge in [-0.1, -0.05) is 0 Å². The second kappa shape index (κ2) is 7.51. The van der Waals surface area contributed by atoms with E-state index in [2.05, 4.69) is 0 Å². The Labute approximate surface area is 159 Å². The van der Waals surface area contributed by atoms with Crippen LogP contribution in [0, 0.1) is 20.2 Å². The summed E-state index contributed by atoms with van der Waals surface area (Å²) in [5.74, 6) is -0.201. The summed E-state index contributed by atoms with van der Waals surface area (Å²) >= 11 is 0. The van der Waals surface area contributed by atoms with Gasteiger partial charge in [-0.25, -0.2) is 0 Å². The summed E-state index contributed by atoms with van der Waals surface area (Å²) in [6, 6.07) is 6.66. The predicted octanol–water partition coefficient (Wildman–Crippen LogP) is 3.11. The highest BCUT2D eigenvalue weighted by atomic mass is 16.6. The average molecular weight is 387 g/mol. The number of rotatable bonds is 6. The summed E-state index contributed by atoms with van der Waals surface area (Å²) in [5.41, 5.74) is 0.533. The third-order valence-electron chi connectivity index (χ3n) is 4.42. The maximum atomic E-state index is 13.1. The number of nitro groups is 2. The number of methoxy groups -OCH3 is 1. The van der Waals surface area contributed by atoms with Crippen LogP contribution in [-0.4, -0.2) is 36.0 Å². The number of ether oxygens (including phenoxy) is 2. The van der Waals surface area contributed by atoms with Crippen molar-refractivity contribution in [1.29, 1.82) is 0 Å². The molecule has 0 aromatic heterocycles. The van der Waals surface area contributed by atoms with Crippen LogP contribution in [0.4, 0.5) is 17.1 Å². The zero-order valence-electron chi connectivity index (χ0n) is 15.2. The highest BCUT2D eigenvalue weighted by Gasteiger charge is 2.32. The fourth-order valence-electron chi connectivity index (χ4n) is 3.16. The van der Waals surface area contributed by atoms with Crippen LogP contribution in [-0.2, 0) is 6.42 Å². The normalized spacial score (nSPS) is 12.4. The third-order valence-corrected chi connectivity index (χ3v) is 4.42. The number of carbonyl (C=O) groups is 1. The van der Waals surface area contributed by atoms with Crippen molar-refractivity contribution in [3.63, 3.8) is 0 Å². The number of amides is 1. The van der Waals surface area contributed by atoms with Crippen molar-refractivity contribution in [2.75, 3.05) is 25.2 Å². The Morgan fingerprint density at radius 1 is 1.14 bits per heavy atom. The molecule has 0 saturated heterocycles.